The molecule has 0 radical (unpaired) electrons. The molecule has 3 aliphatic rings. The first-order valence-electron chi connectivity index (χ1n) is 11.6. The van der Waals surface area contributed by atoms with Crippen LogP contribution in [0.2, 0.25) is 0 Å². The molecule has 1 saturated carbocycles. The second kappa shape index (κ2) is 8.76. The Labute approximate surface area is 197 Å². The molecule has 0 bridgehead atoms. The number of carbonyl (C=O) groups is 3. The van der Waals surface area contributed by atoms with Crippen LogP contribution in [0.5, 0.6) is 0 Å². The molecule has 0 unspecified atom stereocenters. The predicted octanol–water partition coefficient (Wildman–Crippen LogP) is 3.01. The molecule has 2 amide bonds. The van der Waals surface area contributed by atoms with Crippen molar-refractivity contribution in [2.24, 2.45) is 5.92 Å². The van der Waals surface area contributed by atoms with Gasteiger partial charge in [0.15, 0.2) is 0 Å². The van der Waals surface area contributed by atoms with Gasteiger partial charge in [0.1, 0.15) is 18.2 Å². The molecule has 1 aliphatic heterocycles. The molecule has 8 nitrogen and oxygen atoms in total. The van der Waals surface area contributed by atoms with Gasteiger partial charge < -0.3 is 24.8 Å². The maximum Gasteiger partial charge on any atom is 0.407 e. The second-order valence-corrected chi connectivity index (χ2v) is 9.24. The quantitative estimate of drug-likeness (QED) is 0.653. The summed E-state index contributed by atoms with van der Waals surface area (Å²) in [5.41, 5.74) is 3.30. The van der Waals surface area contributed by atoms with Crippen LogP contribution in [0.3, 0.4) is 0 Å². The summed E-state index contributed by atoms with van der Waals surface area (Å²) >= 11 is 0. The lowest BCUT2D eigenvalue weighted by Gasteiger charge is -2.36. The number of fused-ring (bicyclic) bond motifs is 4. The molecule has 178 valence electrons. The summed E-state index contributed by atoms with van der Waals surface area (Å²) in [5.74, 6) is -1.55. The molecule has 1 heterocycles. The number of likely N-dealkylation sites (tertiary alicyclic amines) is 1. The Morgan fingerprint density at radius 3 is 2.38 bits per heavy atom. The molecule has 1 saturated heterocycles. The van der Waals surface area contributed by atoms with Gasteiger partial charge >= 0.3 is 12.1 Å². The molecule has 3 atom stereocenters. The molecular weight excluding hydrogens is 436 g/mol. The molecule has 2 fully saturated rings. The molecule has 8 heteroatoms. The lowest BCUT2D eigenvalue weighted by molar-refractivity contribution is -0.156. The van der Waals surface area contributed by atoms with Crippen LogP contribution in [0.1, 0.15) is 36.3 Å². The third-order valence-corrected chi connectivity index (χ3v) is 7.39. The van der Waals surface area contributed by atoms with E-state index in [1.807, 2.05) is 36.4 Å². The Morgan fingerprint density at radius 1 is 1.12 bits per heavy atom. The zero-order valence-electron chi connectivity index (χ0n) is 19.0. The van der Waals surface area contributed by atoms with Crippen molar-refractivity contribution >= 4 is 18.0 Å². The maximum atomic E-state index is 13.3. The molecular formula is C26H28N2O6. The molecule has 2 aliphatic carbocycles. The van der Waals surface area contributed by atoms with E-state index in [2.05, 4.69) is 17.4 Å². The van der Waals surface area contributed by atoms with Gasteiger partial charge in [0.25, 0.3) is 0 Å². The summed E-state index contributed by atoms with van der Waals surface area (Å²) in [6.45, 7) is 0.409. The topological polar surface area (TPSA) is 105 Å². The van der Waals surface area contributed by atoms with E-state index < -0.39 is 29.6 Å². The van der Waals surface area contributed by atoms with Gasteiger partial charge in [0, 0.05) is 19.6 Å². The number of carbonyl (C=O) groups excluding carboxylic acids is 2. The van der Waals surface area contributed by atoms with E-state index in [0.717, 1.165) is 35.1 Å². The Hall–Kier alpha value is -3.39. The van der Waals surface area contributed by atoms with Gasteiger partial charge in [-0.1, -0.05) is 48.5 Å². The minimum Gasteiger partial charge on any atom is -0.479 e. The van der Waals surface area contributed by atoms with Crippen molar-refractivity contribution in [2.75, 3.05) is 26.9 Å². The Bertz CT molecular complexity index is 1090. The van der Waals surface area contributed by atoms with Crippen LogP contribution in [0.25, 0.3) is 11.1 Å². The normalized spacial score (nSPS) is 23.3. The number of nitrogens with zero attached hydrogens (tertiary/aromatic N) is 1. The van der Waals surface area contributed by atoms with Gasteiger partial charge in [0.2, 0.25) is 5.91 Å². The molecule has 2 N–H and O–H groups in total. The molecule has 5 rings (SSSR count). The number of amides is 2. The van der Waals surface area contributed by atoms with Crippen molar-refractivity contribution in [2.45, 2.75) is 36.8 Å². The average molecular weight is 465 g/mol. The van der Waals surface area contributed by atoms with Crippen LogP contribution < -0.4 is 5.32 Å². The van der Waals surface area contributed by atoms with Gasteiger partial charge in [-0.25, -0.2) is 9.59 Å². The van der Waals surface area contributed by atoms with E-state index in [4.69, 9.17) is 9.47 Å². The number of ether oxygens (including phenoxy) is 2. The third-order valence-electron chi connectivity index (χ3n) is 7.39. The smallest absolute Gasteiger partial charge is 0.407 e. The van der Waals surface area contributed by atoms with Crippen LogP contribution in [0.15, 0.2) is 48.5 Å². The van der Waals surface area contributed by atoms with E-state index in [9.17, 15) is 19.5 Å². The van der Waals surface area contributed by atoms with Crippen LogP contribution in [0, 0.1) is 5.92 Å². The molecule has 2 aromatic carbocycles. The zero-order valence-corrected chi connectivity index (χ0v) is 19.0. The minimum absolute atomic E-state index is 0.0275. The van der Waals surface area contributed by atoms with Crippen molar-refractivity contribution in [3.8, 4) is 11.1 Å². The number of piperidine rings is 1. The Morgan fingerprint density at radius 2 is 1.76 bits per heavy atom. The van der Waals surface area contributed by atoms with Gasteiger partial charge in [-0.05, 0) is 47.4 Å². The largest absolute Gasteiger partial charge is 0.479 e. The number of alkyl carbamates (subject to hydrolysis) is 1. The first kappa shape index (κ1) is 22.4. The maximum absolute atomic E-state index is 13.3. The van der Waals surface area contributed by atoms with Crippen LogP contribution in [-0.4, -0.2) is 66.4 Å². The standard InChI is InChI=1S/C26H28N2O6/c1-33-15-22(23(29)28-12-6-7-16-13-26(16,28)24(30)31)27-25(32)34-14-21-19-10-4-2-8-17(19)18-9-3-5-11-20(18)21/h2-5,8-11,16,21-22H,6-7,12-15H2,1H3,(H,27,32)(H,30,31)/t16-,22+,26+/m1/s1. The number of rotatable bonds is 7. The number of hydrogen-bond donors (Lipinski definition) is 2. The monoisotopic (exact) mass is 464 g/mol. The fourth-order valence-corrected chi connectivity index (χ4v) is 5.68. The predicted molar refractivity (Wildman–Crippen MR) is 123 cm³/mol. The zero-order chi connectivity index (χ0) is 23.9. The van der Waals surface area contributed by atoms with Crippen molar-refractivity contribution in [1.29, 1.82) is 0 Å². The molecule has 2 aromatic rings. The van der Waals surface area contributed by atoms with Gasteiger partial charge in [-0.15, -0.1) is 0 Å². The minimum atomic E-state index is -1.15. The van der Waals surface area contributed by atoms with E-state index >= 15 is 0 Å². The lowest BCUT2D eigenvalue weighted by Crippen LogP contribution is -2.58. The average Bonchev–Trinajstić information content (AvgIpc) is 3.53. The highest BCUT2D eigenvalue weighted by Crippen LogP contribution is 2.54. The number of carboxylic acids is 1. The summed E-state index contributed by atoms with van der Waals surface area (Å²) in [6, 6.07) is 15.1. The molecule has 0 aromatic heterocycles. The fourth-order valence-electron chi connectivity index (χ4n) is 5.68. The lowest BCUT2D eigenvalue weighted by atomic mass is 9.98. The number of nitrogens with one attached hydrogen (secondary N) is 1. The number of aliphatic carboxylic acids is 1. The number of carboxylic acid groups (broad SMARTS) is 1. The van der Waals surface area contributed by atoms with Crippen LogP contribution in [0.4, 0.5) is 4.79 Å². The number of methoxy groups -OCH3 is 1. The van der Waals surface area contributed by atoms with Gasteiger partial charge in [-0.2, -0.15) is 0 Å². The van der Waals surface area contributed by atoms with Crippen molar-refractivity contribution in [3.05, 3.63) is 59.7 Å². The number of benzene rings is 2. The fraction of sp³-hybridized carbons (Fsp3) is 0.423. The van der Waals surface area contributed by atoms with E-state index in [0.29, 0.717) is 13.0 Å². The highest BCUT2D eigenvalue weighted by Gasteiger charge is 2.67. The van der Waals surface area contributed by atoms with Gasteiger partial charge in [-0.3, -0.25) is 4.79 Å². The van der Waals surface area contributed by atoms with Crippen LogP contribution in [-0.2, 0) is 19.1 Å². The molecule has 0 spiro atoms. The second-order valence-electron chi connectivity index (χ2n) is 9.24. The van der Waals surface area contributed by atoms with E-state index in [1.165, 1.54) is 12.0 Å². The van der Waals surface area contributed by atoms with Crippen LogP contribution >= 0.6 is 0 Å². The summed E-state index contributed by atoms with van der Waals surface area (Å²) in [6.07, 6.45) is 1.27. The molecule has 34 heavy (non-hydrogen) atoms. The van der Waals surface area contributed by atoms with E-state index in [1.54, 1.807) is 0 Å². The highest BCUT2D eigenvalue weighted by molar-refractivity contribution is 5.94. The summed E-state index contributed by atoms with van der Waals surface area (Å²) in [5, 5.41) is 12.4. The van der Waals surface area contributed by atoms with Gasteiger partial charge in [0.05, 0.1) is 6.61 Å². The van der Waals surface area contributed by atoms with Crippen molar-refractivity contribution in [3.63, 3.8) is 0 Å². The summed E-state index contributed by atoms with van der Waals surface area (Å²) < 4.78 is 10.7. The number of hydrogen-bond acceptors (Lipinski definition) is 5. The summed E-state index contributed by atoms with van der Waals surface area (Å²) in [4.78, 5) is 39.4. The van der Waals surface area contributed by atoms with Crippen molar-refractivity contribution in [1.82, 2.24) is 10.2 Å². The summed E-state index contributed by atoms with van der Waals surface area (Å²) in [7, 11) is 1.43. The van der Waals surface area contributed by atoms with E-state index in [-0.39, 0.29) is 25.0 Å². The third kappa shape index (κ3) is 3.62. The SMILES string of the molecule is COC[C@H](NC(=O)OCC1c2ccccc2-c2ccccc21)C(=O)N1CCC[C@@H]2C[C@@]21C(=O)O. The first-order valence-corrected chi connectivity index (χ1v) is 11.6. The highest BCUT2D eigenvalue weighted by atomic mass is 16.5. The Balaban J connectivity index is 1.27. The first-order chi connectivity index (χ1) is 16.5. The van der Waals surface area contributed by atoms with Crippen molar-refractivity contribution < 1.29 is 29.0 Å². The Kier molecular flexibility index (Phi) is 5.77.